The summed E-state index contributed by atoms with van der Waals surface area (Å²) in [5.41, 5.74) is 0. The number of carbonyl (C=O) groups excluding carboxylic acids is 6. The van der Waals surface area contributed by atoms with Crippen molar-refractivity contribution in [3.05, 3.63) is 0 Å². The molecule has 0 spiro atoms. The lowest BCUT2D eigenvalue weighted by molar-refractivity contribution is -0.348. The number of nitrogens with zero attached hydrogens (tertiary/aromatic N) is 1. The molecule has 0 aromatic heterocycles. The van der Waals surface area contributed by atoms with E-state index < -0.39 is 116 Å². The molecule has 0 bridgehead atoms. The fourth-order valence-electron chi connectivity index (χ4n) is 4.94. The number of hydrogen-bond acceptors (Lipinski definition) is 18. The third-order valence-corrected chi connectivity index (χ3v) is 6.49. The SMILES string of the molecule is CC(=O)OCC1OC(OC2C(COC(C)=O)OC3OC(C)(C#N)OC3C2OC(C)=O)C(OC(C)=O)C(OC(C)=O)C1OC(C)=O. The first-order valence-corrected chi connectivity index (χ1v) is 13.7. The quantitative estimate of drug-likeness (QED) is 0.212. The van der Waals surface area contributed by atoms with Crippen molar-refractivity contribution in [3.63, 3.8) is 0 Å². The van der Waals surface area contributed by atoms with Crippen LogP contribution in [0.5, 0.6) is 0 Å². The van der Waals surface area contributed by atoms with E-state index in [1.807, 2.05) is 6.07 Å². The maximum atomic E-state index is 12.3. The van der Waals surface area contributed by atoms with Crippen molar-refractivity contribution < 1.29 is 80.9 Å². The Labute approximate surface area is 257 Å². The van der Waals surface area contributed by atoms with Gasteiger partial charge in [-0.05, 0) is 0 Å². The molecule has 250 valence electrons. The summed E-state index contributed by atoms with van der Waals surface area (Å²) in [4.78, 5) is 72.1. The molecule has 0 saturated carbocycles. The van der Waals surface area contributed by atoms with Gasteiger partial charge in [0.25, 0.3) is 5.79 Å². The molecule has 18 heteroatoms. The van der Waals surface area contributed by atoms with Crippen LogP contribution < -0.4 is 0 Å². The fourth-order valence-corrected chi connectivity index (χ4v) is 4.94. The second kappa shape index (κ2) is 14.9. The number of esters is 6. The summed E-state index contributed by atoms with van der Waals surface area (Å²) in [5, 5.41) is 9.59. The molecule has 0 aromatic carbocycles. The molecule has 0 aliphatic carbocycles. The van der Waals surface area contributed by atoms with E-state index in [9.17, 15) is 34.0 Å². The molecular weight excluding hydrogens is 610 g/mol. The van der Waals surface area contributed by atoms with Gasteiger partial charge in [-0.25, -0.2) is 0 Å². The van der Waals surface area contributed by atoms with Crippen LogP contribution in [0.15, 0.2) is 0 Å². The number of hydrogen-bond donors (Lipinski definition) is 0. The second-order valence-electron chi connectivity index (χ2n) is 10.3. The van der Waals surface area contributed by atoms with Gasteiger partial charge in [0.1, 0.15) is 37.6 Å². The van der Waals surface area contributed by atoms with Crippen LogP contribution in [-0.2, 0) is 80.9 Å². The minimum Gasteiger partial charge on any atom is -0.463 e. The number of ether oxygens (including phenoxy) is 11. The second-order valence-corrected chi connectivity index (χ2v) is 10.3. The molecule has 0 amide bonds. The molecule has 3 saturated heterocycles. The van der Waals surface area contributed by atoms with Gasteiger partial charge in [0.05, 0.1) is 0 Å². The Balaban J connectivity index is 2.10. The zero-order valence-corrected chi connectivity index (χ0v) is 25.6. The zero-order valence-electron chi connectivity index (χ0n) is 25.6. The Bertz CT molecular complexity index is 1200. The van der Waals surface area contributed by atoms with E-state index in [4.69, 9.17) is 52.1 Å². The van der Waals surface area contributed by atoms with Crippen molar-refractivity contribution >= 4 is 35.8 Å². The van der Waals surface area contributed by atoms with Crippen LogP contribution in [-0.4, -0.2) is 116 Å². The summed E-state index contributed by atoms with van der Waals surface area (Å²) in [5.74, 6) is -6.68. The molecule has 0 N–H and O–H groups in total. The predicted octanol–water partition coefficient (Wildman–Crippen LogP) is -0.670. The van der Waals surface area contributed by atoms with Crippen LogP contribution in [0.3, 0.4) is 0 Å². The van der Waals surface area contributed by atoms with Crippen molar-refractivity contribution in [1.82, 2.24) is 0 Å². The molecular formula is C27H35NO17. The summed E-state index contributed by atoms with van der Waals surface area (Å²) in [6.45, 7) is 6.77. The normalized spacial score (nSPS) is 35.5. The molecule has 3 aliphatic heterocycles. The molecule has 11 unspecified atom stereocenters. The maximum Gasteiger partial charge on any atom is 0.303 e. The Hall–Kier alpha value is -3.89. The highest BCUT2D eigenvalue weighted by Crippen LogP contribution is 2.40. The number of fused-ring (bicyclic) bond motifs is 1. The smallest absolute Gasteiger partial charge is 0.303 e. The summed E-state index contributed by atoms with van der Waals surface area (Å²) in [6.07, 6.45) is -14.5. The zero-order chi connectivity index (χ0) is 33.6. The van der Waals surface area contributed by atoms with E-state index in [1.165, 1.54) is 6.92 Å². The van der Waals surface area contributed by atoms with Gasteiger partial charge < -0.3 is 52.1 Å². The summed E-state index contributed by atoms with van der Waals surface area (Å²) >= 11 is 0. The average molecular weight is 646 g/mol. The molecule has 45 heavy (non-hydrogen) atoms. The Kier molecular flexibility index (Phi) is 11.8. The topological polar surface area (TPSA) is 228 Å². The van der Waals surface area contributed by atoms with Crippen molar-refractivity contribution in [1.29, 1.82) is 5.26 Å². The number of nitriles is 1. The van der Waals surface area contributed by atoms with Crippen LogP contribution in [0, 0.1) is 11.3 Å². The van der Waals surface area contributed by atoms with E-state index in [2.05, 4.69) is 0 Å². The van der Waals surface area contributed by atoms with Gasteiger partial charge >= 0.3 is 35.8 Å². The number of carbonyl (C=O) groups is 6. The van der Waals surface area contributed by atoms with Crippen molar-refractivity contribution in [2.45, 2.75) is 116 Å². The van der Waals surface area contributed by atoms with Gasteiger partial charge in [-0.3, -0.25) is 28.8 Å². The highest BCUT2D eigenvalue weighted by atomic mass is 16.8. The van der Waals surface area contributed by atoms with E-state index in [0.717, 1.165) is 41.5 Å². The first kappa shape index (κ1) is 35.6. The first-order chi connectivity index (χ1) is 21.0. The lowest BCUT2D eigenvalue weighted by Crippen LogP contribution is -2.66. The molecule has 3 heterocycles. The lowest BCUT2D eigenvalue weighted by Gasteiger charge is -2.47. The lowest BCUT2D eigenvalue weighted by atomic mass is 9.96. The summed E-state index contributed by atoms with van der Waals surface area (Å²) in [6, 6.07) is 1.83. The van der Waals surface area contributed by atoms with Crippen molar-refractivity contribution in [2.24, 2.45) is 0 Å². The van der Waals surface area contributed by atoms with E-state index >= 15 is 0 Å². The number of rotatable bonds is 10. The minimum atomic E-state index is -1.83. The van der Waals surface area contributed by atoms with Crippen molar-refractivity contribution in [2.75, 3.05) is 13.2 Å². The summed E-state index contributed by atoms with van der Waals surface area (Å²) in [7, 11) is 0. The Morgan fingerprint density at radius 3 is 1.58 bits per heavy atom. The highest BCUT2D eigenvalue weighted by Gasteiger charge is 2.61. The molecule has 0 radical (unpaired) electrons. The van der Waals surface area contributed by atoms with Crippen LogP contribution in [0.25, 0.3) is 0 Å². The minimum absolute atomic E-state index is 0.487. The summed E-state index contributed by atoms with van der Waals surface area (Å²) < 4.78 is 61.5. The predicted molar refractivity (Wildman–Crippen MR) is 138 cm³/mol. The molecule has 0 aromatic rings. The molecule has 18 nitrogen and oxygen atoms in total. The molecule has 3 rings (SSSR count). The van der Waals surface area contributed by atoms with Crippen LogP contribution in [0.4, 0.5) is 0 Å². The fraction of sp³-hybridized carbons (Fsp3) is 0.741. The molecule has 3 fully saturated rings. The van der Waals surface area contributed by atoms with Crippen LogP contribution in [0.1, 0.15) is 48.5 Å². The molecule has 11 atom stereocenters. The monoisotopic (exact) mass is 645 g/mol. The van der Waals surface area contributed by atoms with Gasteiger partial charge in [0.2, 0.25) is 0 Å². The Morgan fingerprint density at radius 1 is 0.622 bits per heavy atom. The van der Waals surface area contributed by atoms with Gasteiger partial charge in [-0.1, -0.05) is 0 Å². The largest absolute Gasteiger partial charge is 0.463 e. The maximum absolute atomic E-state index is 12.3. The van der Waals surface area contributed by atoms with Gasteiger partial charge in [0, 0.05) is 48.5 Å². The van der Waals surface area contributed by atoms with E-state index in [0.29, 0.717) is 0 Å². The van der Waals surface area contributed by atoms with Gasteiger partial charge in [-0.15, -0.1) is 0 Å². The standard InChI is InChI=1S/C27H35NO17/c1-11(29)35-8-17-19(37-13(3)31)21(38-14(4)32)23(40-16(6)34)25(41-17)43-20-18(9-36-12(2)30)42-26-24(22(20)39-15(5)33)44-27(7,10-28)45-26/h17-26H,8-9H2,1-7H3. The third-order valence-electron chi connectivity index (χ3n) is 6.49. The van der Waals surface area contributed by atoms with Crippen LogP contribution in [0.2, 0.25) is 0 Å². The first-order valence-electron chi connectivity index (χ1n) is 13.7. The van der Waals surface area contributed by atoms with Crippen molar-refractivity contribution in [3.8, 4) is 6.07 Å². The highest BCUT2D eigenvalue weighted by molar-refractivity contribution is 5.69. The molecule has 3 aliphatic rings. The van der Waals surface area contributed by atoms with E-state index in [-0.39, 0.29) is 0 Å². The van der Waals surface area contributed by atoms with Gasteiger partial charge in [-0.2, -0.15) is 5.26 Å². The average Bonchev–Trinajstić information content (AvgIpc) is 3.26. The Morgan fingerprint density at radius 2 is 1.09 bits per heavy atom. The third kappa shape index (κ3) is 9.31. The van der Waals surface area contributed by atoms with E-state index in [1.54, 1.807) is 0 Å². The van der Waals surface area contributed by atoms with Crippen LogP contribution >= 0.6 is 0 Å². The van der Waals surface area contributed by atoms with Gasteiger partial charge in [0.15, 0.2) is 43.1 Å².